The fraction of sp³-hybridized carbons (Fsp3) is 0.600. The molecule has 0 aromatic carbocycles. The number of rotatable bonds is 3. The lowest BCUT2D eigenvalue weighted by Crippen LogP contribution is -2.31. The van der Waals surface area contributed by atoms with Gasteiger partial charge in [-0.25, -0.2) is 0 Å². The normalized spacial score (nSPS) is 26.3. The molecule has 102 valence electrons. The van der Waals surface area contributed by atoms with Crippen molar-refractivity contribution < 1.29 is 4.79 Å². The van der Waals surface area contributed by atoms with E-state index < -0.39 is 0 Å². The van der Waals surface area contributed by atoms with E-state index in [-0.39, 0.29) is 6.04 Å². The number of nitrogens with zero attached hydrogens (tertiary/aromatic N) is 3. The molecule has 0 spiro atoms. The number of amides is 1. The van der Waals surface area contributed by atoms with Crippen LogP contribution >= 0.6 is 0 Å². The molecule has 3 rings (SSSR count). The van der Waals surface area contributed by atoms with Gasteiger partial charge in [0.2, 0.25) is 5.91 Å². The minimum absolute atomic E-state index is 0.242. The van der Waals surface area contributed by atoms with Gasteiger partial charge in [-0.3, -0.25) is 9.48 Å². The largest absolute Gasteiger partial charge is 0.336 e. The van der Waals surface area contributed by atoms with E-state index in [9.17, 15) is 4.79 Å². The van der Waals surface area contributed by atoms with E-state index in [0.29, 0.717) is 18.2 Å². The molecule has 1 aromatic heterocycles. The van der Waals surface area contributed by atoms with Crippen LogP contribution in [0.5, 0.6) is 0 Å². The monoisotopic (exact) mass is 259 g/mol. The SMILES string of the molecule is Cn1cc([C@@H]2CCCN2C(=O)C[C@@H]2C=CCC2)cn1. The first-order valence-electron chi connectivity index (χ1n) is 7.19. The second-order valence-corrected chi connectivity index (χ2v) is 5.66. The first-order valence-corrected chi connectivity index (χ1v) is 7.19. The molecule has 0 saturated carbocycles. The molecule has 2 heterocycles. The lowest BCUT2D eigenvalue weighted by molar-refractivity contribution is -0.132. The molecular weight excluding hydrogens is 238 g/mol. The summed E-state index contributed by atoms with van der Waals surface area (Å²) in [5.41, 5.74) is 1.18. The van der Waals surface area contributed by atoms with Gasteiger partial charge < -0.3 is 4.90 Å². The minimum Gasteiger partial charge on any atom is -0.336 e. The van der Waals surface area contributed by atoms with Gasteiger partial charge in [-0.2, -0.15) is 5.10 Å². The zero-order valence-corrected chi connectivity index (χ0v) is 11.5. The molecule has 1 fully saturated rings. The van der Waals surface area contributed by atoms with Crippen molar-refractivity contribution in [2.75, 3.05) is 6.54 Å². The number of aryl methyl sites for hydroxylation is 1. The molecule has 1 amide bonds. The highest BCUT2D eigenvalue weighted by atomic mass is 16.2. The quantitative estimate of drug-likeness (QED) is 0.782. The van der Waals surface area contributed by atoms with Crippen molar-refractivity contribution in [2.24, 2.45) is 13.0 Å². The molecule has 1 aliphatic heterocycles. The van der Waals surface area contributed by atoms with E-state index in [4.69, 9.17) is 0 Å². The molecule has 4 nitrogen and oxygen atoms in total. The first-order chi connectivity index (χ1) is 9.24. The molecule has 1 aliphatic carbocycles. The third-order valence-electron chi connectivity index (χ3n) is 4.23. The number of carbonyl (C=O) groups is 1. The molecule has 4 heteroatoms. The summed E-state index contributed by atoms with van der Waals surface area (Å²) in [6.07, 6.45) is 13.4. The average molecular weight is 259 g/mol. The highest BCUT2D eigenvalue weighted by Crippen LogP contribution is 2.33. The topological polar surface area (TPSA) is 38.1 Å². The summed E-state index contributed by atoms with van der Waals surface area (Å²) in [4.78, 5) is 14.5. The Hall–Kier alpha value is -1.58. The summed E-state index contributed by atoms with van der Waals surface area (Å²) in [6, 6.07) is 0.242. The summed E-state index contributed by atoms with van der Waals surface area (Å²) >= 11 is 0. The van der Waals surface area contributed by atoms with E-state index in [0.717, 1.165) is 32.2 Å². The zero-order chi connectivity index (χ0) is 13.2. The van der Waals surface area contributed by atoms with Gasteiger partial charge in [0.25, 0.3) is 0 Å². The number of likely N-dealkylation sites (tertiary alicyclic amines) is 1. The Bertz CT molecular complexity index is 491. The van der Waals surface area contributed by atoms with Crippen molar-refractivity contribution in [3.8, 4) is 0 Å². The van der Waals surface area contributed by atoms with Crippen LogP contribution in [0.4, 0.5) is 0 Å². The molecule has 0 N–H and O–H groups in total. The second kappa shape index (κ2) is 5.19. The number of aromatic nitrogens is 2. The van der Waals surface area contributed by atoms with E-state index in [1.165, 1.54) is 5.56 Å². The molecular formula is C15H21N3O. The smallest absolute Gasteiger partial charge is 0.223 e. The molecule has 0 radical (unpaired) electrons. The van der Waals surface area contributed by atoms with Crippen molar-refractivity contribution in [1.82, 2.24) is 14.7 Å². The summed E-state index contributed by atoms with van der Waals surface area (Å²) in [5, 5.41) is 4.23. The Labute approximate surface area is 114 Å². The lowest BCUT2D eigenvalue weighted by Gasteiger charge is -2.25. The summed E-state index contributed by atoms with van der Waals surface area (Å²) in [5.74, 6) is 0.769. The van der Waals surface area contributed by atoms with Gasteiger partial charge in [0.15, 0.2) is 0 Å². The summed E-state index contributed by atoms with van der Waals surface area (Å²) in [6.45, 7) is 0.898. The van der Waals surface area contributed by atoms with Gasteiger partial charge in [0.05, 0.1) is 12.2 Å². The van der Waals surface area contributed by atoms with Crippen molar-refractivity contribution in [1.29, 1.82) is 0 Å². The number of carbonyl (C=O) groups excluding carboxylic acids is 1. The summed E-state index contributed by atoms with van der Waals surface area (Å²) in [7, 11) is 1.92. The highest BCUT2D eigenvalue weighted by molar-refractivity contribution is 5.77. The Morgan fingerprint density at radius 1 is 1.47 bits per heavy atom. The van der Waals surface area contributed by atoms with Crippen LogP contribution in [0.25, 0.3) is 0 Å². The number of hydrogen-bond donors (Lipinski definition) is 0. The molecule has 19 heavy (non-hydrogen) atoms. The zero-order valence-electron chi connectivity index (χ0n) is 11.5. The van der Waals surface area contributed by atoms with Crippen molar-refractivity contribution in [3.05, 3.63) is 30.1 Å². The number of hydrogen-bond acceptors (Lipinski definition) is 2. The minimum atomic E-state index is 0.242. The maximum absolute atomic E-state index is 12.5. The van der Waals surface area contributed by atoms with Crippen molar-refractivity contribution in [3.63, 3.8) is 0 Å². The lowest BCUT2D eigenvalue weighted by atomic mass is 10.0. The van der Waals surface area contributed by atoms with Gasteiger partial charge in [0, 0.05) is 31.8 Å². The van der Waals surface area contributed by atoms with Crippen LogP contribution in [0.1, 0.15) is 43.7 Å². The van der Waals surface area contributed by atoms with Gasteiger partial charge >= 0.3 is 0 Å². The molecule has 0 unspecified atom stereocenters. The van der Waals surface area contributed by atoms with Gasteiger partial charge in [0.1, 0.15) is 0 Å². The van der Waals surface area contributed by atoms with Crippen LogP contribution < -0.4 is 0 Å². The summed E-state index contributed by atoms with van der Waals surface area (Å²) < 4.78 is 1.82. The average Bonchev–Trinajstić information content (AvgIpc) is 3.07. The predicted octanol–water partition coefficient (Wildman–Crippen LogP) is 2.44. The van der Waals surface area contributed by atoms with Crippen molar-refractivity contribution >= 4 is 5.91 Å². The van der Waals surface area contributed by atoms with E-state index in [1.807, 2.05) is 24.1 Å². The Morgan fingerprint density at radius 3 is 3.05 bits per heavy atom. The van der Waals surface area contributed by atoms with Crippen molar-refractivity contribution in [2.45, 2.75) is 38.1 Å². The third-order valence-corrected chi connectivity index (χ3v) is 4.23. The number of allylic oxidation sites excluding steroid dienone is 2. The van der Waals surface area contributed by atoms with E-state index in [1.54, 1.807) is 0 Å². The predicted molar refractivity (Wildman–Crippen MR) is 73.4 cm³/mol. The van der Waals surface area contributed by atoms with Crippen LogP contribution in [-0.2, 0) is 11.8 Å². The Morgan fingerprint density at radius 2 is 2.37 bits per heavy atom. The van der Waals surface area contributed by atoms with Gasteiger partial charge in [-0.1, -0.05) is 12.2 Å². The third kappa shape index (κ3) is 2.57. The van der Waals surface area contributed by atoms with Crippen LogP contribution in [0.3, 0.4) is 0 Å². The first kappa shape index (κ1) is 12.5. The molecule has 2 atom stereocenters. The van der Waals surface area contributed by atoms with Crippen LogP contribution in [0, 0.1) is 5.92 Å². The van der Waals surface area contributed by atoms with Gasteiger partial charge in [-0.05, 0) is 31.6 Å². The molecule has 1 aromatic rings. The maximum Gasteiger partial charge on any atom is 0.223 e. The second-order valence-electron chi connectivity index (χ2n) is 5.66. The Balaban J connectivity index is 1.68. The van der Waals surface area contributed by atoms with Crippen LogP contribution in [0.2, 0.25) is 0 Å². The fourth-order valence-corrected chi connectivity index (χ4v) is 3.23. The molecule has 0 bridgehead atoms. The molecule has 2 aliphatic rings. The fourth-order valence-electron chi connectivity index (χ4n) is 3.23. The van der Waals surface area contributed by atoms with E-state index >= 15 is 0 Å². The van der Waals surface area contributed by atoms with Gasteiger partial charge in [-0.15, -0.1) is 0 Å². The molecule has 1 saturated heterocycles. The Kier molecular flexibility index (Phi) is 3.40. The standard InChI is InChI=1S/C15H21N3O/c1-17-11-13(10-16-17)14-7-4-8-18(14)15(19)9-12-5-2-3-6-12/h2,5,10-12,14H,3-4,6-9H2,1H3/t12-,14+/m1/s1. The van der Waals surface area contributed by atoms with E-state index in [2.05, 4.69) is 22.2 Å². The van der Waals surface area contributed by atoms with Crippen LogP contribution in [-0.4, -0.2) is 27.1 Å². The maximum atomic E-state index is 12.5. The van der Waals surface area contributed by atoms with Crippen LogP contribution in [0.15, 0.2) is 24.5 Å². The highest BCUT2D eigenvalue weighted by Gasteiger charge is 2.31.